The van der Waals surface area contributed by atoms with E-state index in [1.807, 2.05) is 0 Å². The van der Waals surface area contributed by atoms with Crippen LogP contribution in [0.2, 0.25) is 0 Å². The van der Waals surface area contributed by atoms with Crippen LogP contribution in [0.15, 0.2) is 0 Å². The van der Waals surface area contributed by atoms with Gasteiger partial charge >= 0.3 is 17.9 Å². The van der Waals surface area contributed by atoms with Crippen molar-refractivity contribution in [2.24, 2.45) is 5.92 Å². The Labute approximate surface area is 476 Å². The summed E-state index contributed by atoms with van der Waals surface area (Å²) >= 11 is 0. The molecule has 0 saturated heterocycles. The average molecular weight is 1070 g/mol. The number of hydrogen-bond donors (Lipinski definition) is 0. The van der Waals surface area contributed by atoms with E-state index in [1.165, 1.54) is 302 Å². The Balaban J connectivity index is 4.27. The van der Waals surface area contributed by atoms with E-state index in [1.54, 1.807) is 0 Å². The minimum absolute atomic E-state index is 0.0606. The largest absolute Gasteiger partial charge is 0.462 e. The second-order valence-electron chi connectivity index (χ2n) is 24.4. The highest BCUT2D eigenvalue weighted by Gasteiger charge is 2.20. The summed E-state index contributed by atoms with van der Waals surface area (Å²) in [6.07, 6.45) is 74.0. The fraction of sp³-hybridized carbons (Fsp3) is 0.957. The molecule has 0 N–H and O–H groups in total. The fourth-order valence-corrected chi connectivity index (χ4v) is 11.0. The predicted octanol–water partition coefficient (Wildman–Crippen LogP) is 23.7. The van der Waals surface area contributed by atoms with Crippen molar-refractivity contribution < 1.29 is 28.6 Å². The molecule has 0 heterocycles. The van der Waals surface area contributed by atoms with Gasteiger partial charge in [0.2, 0.25) is 0 Å². The van der Waals surface area contributed by atoms with E-state index < -0.39 is 6.10 Å². The Hall–Kier alpha value is -1.59. The lowest BCUT2D eigenvalue weighted by Gasteiger charge is -2.18. The van der Waals surface area contributed by atoms with E-state index in [9.17, 15) is 14.4 Å². The van der Waals surface area contributed by atoms with Crippen molar-refractivity contribution in [3.63, 3.8) is 0 Å². The number of carbonyl (C=O) groups is 3. The van der Waals surface area contributed by atoms with Crippen LogP contribution >= 0.6 is 0 Å². The molecular weight excluding hydrogens is 937 g/mol. The average Bonchev–Trinajstić information content (AvgIpc) is 3.42. The van der Waals surface area contributed by atoms with Crippen LogP contribution in [0.5, 0.6) is 0 Å². The van der Waals surface area contributed by atoms with Crippen LogP contribution < -0.4 is 0 Å². The summed E-state index contributed by atoms with van der Waals surface area (Å²) in [5, 5.41) is 0. The summed E-state index contributed by atoms with van der Waals surface area (Å²) < 4.78 is 17.0. The second-order valence-corrected chi connectivity index (χ2v) is 24.4. The van der Waals surface area contributed by atoms with Crippen molar-refractivity contribution in [1.82, 2.24) is 0 Å². The van der Waals surface area contributed by atoms with Gasteiger partial charge in [0, 0.05) is 19.3 Å². The minimum Gasteiger partial charge on any atom is -0.462 e. The van der Waals surface area contributed by atoms with Gasteiger partial charge in [-0.3, -0.25) is 14.4 Å². The monoisotopic (exact) mass is 1070 g/mol. The molecule has 0 spiro atoms. The van der Waals surface area contributed by atoms with E-state index >= 15 is 0 Å². The van der Waals surface area contributed by atoms with E-state index in [0.717, 1.165) is 63.7 Å². The second kappa shape index (κ2) is 64.2. The third-order valence-corrected chi connectivity index (χ3v) is 16.7. The van der Waals surface area contributed by atoms with Crippen molar-refractivity contribution in [2.75, 3.05) is 13.2 Å². The smallest absolute Gasteiger partial charge is 0.306 e. The highest BCUT2D eigenvalue weighted by atomic mass is 16.6. The summed E-state index contributed by atoms with van der Waals surface area (Å²) in [4.78, 5) is 38.4. The quantitative estimate of drug-likeness (QED) is 0.0343. The molecule has 0 aliphatic carbocycles. The highest BCUT2D eigenvalue weighted by Crippen LogP contribution is 2.20. The zero-order valence-corrected chi connectivity index (χ0v) is 52.2. The molecule has 0 amide bonds. The van der Waals surface area contributed by atoms with Gasteiger partial charge in [-0.1, -0.05) is 368 Å². The number of esters is 3. The van der Waals surface area contributed by atoms with E-state index in [0.29, 0.717) is 19.3 Å². The number of ether oxygens (including phenoxy) is 3. The fourth-order valence-electron chi connectivity index (χ4n) is 11.0. The number of carbonyl (C=O) groups excluding carboxylic acids is 3. The molecule has 0 rings (SSSR count). The third kappa shape index (κ3) is 61.6. The SMILES string of the molecule is CCCCCCCCCCCCCCCCCCCCCC(=O)OC[C@@H](COC(=O)CCCCCCCCCCCCCCCCCCC)OC(=O)CCCCCCCCCCCCCCCCCCCCC(C)CC. The summed E-state index contributed by atoms with van der Waals surface area (Å²) in [5.41, 5.74) is 0. The van der Waals surface area contributed by atoms with Crippen molar-refractivity contribution in [3.8, 4) is 0 Å². The Morgan fingerprint density at radius 1 is 0.263 bits per heavy atom. The number of rotatable bonds is 65. The van der Waals surface area contributed by atoms with Crippen molar-refractivity contribution in [3.05, 3.63) is 0 Å². The molecule has 0 aromatic rings. The number of unbranched alkanes of at least 4 members (excludes halogenated alkanes) is 51. The number of hydrogen-bond acceptors (Lipinski definition) is 6. The van der Waals surface area contributed by atoms with Crippen LogP contribution in [0.3, 0.4) is 0 Å². The maximum absolute atomic E-state index is 13.0. The Morgan fingerprint density at radius 3 is 0.684 bits per heavy atom. The molecule has 2 atom stereocenters. The maximum atomic E-state index is 13.0. The van der Waals surface area contributed by atoms with Crippen LogP contribution in [0.4, 0.5) is 0 Å². The summed E-state index contributed by atoms with van der Waals surface area (Å²) in [6, 6.07) is 0. The first-order valence-corrected chi connectivity index (χ1v) is 34.9. The van der Waals surface area contributed by atoms with E-state index in [4.69, 9.17) is 14.2 Å². The Morgan fingerprint density at radius 2 is 0.461 bits per heavy atom. The summed E-state index contributed by atoms with van der Waals surface area (Å²) in [6.45, 7) is 9.15. The van der Waals surface area contributed by atoms with Gasteiger partial charge in [-0.25, -0.2) is 0 Å². The first-order chi connectivity index (χ1) is 37.4. The minimum atomic E-state index is -0.764. The van der Waals surface area contributed by atoms with Crippen LogP contribution in [-0.4, -0.2) is 37.2 Å². The molecule has 0 saturated carbocycles. The van der Waals surface area contributed by atoms with Crippen molar-refractivity contribution >= 4 is 17.9 Å². The Bertz CT molecular complexity index is 1160. The molecule has 0 aromatic heterocycles. The van der Waals surface area contributed by atoms with Gasteiger partial charge in [-0.2, -0.15) is 0 Å². The molecule has 6 heteroatoms. The Kier molecular flexibility index (Phi) is 62.9. The zero-order chi connectivity index (χ0) is 55.1. The van der Waals surface area contributed by atoms with Crippen LogP contribution in [0, 0.1) is 5.92 Å². The molecule has 6 nitrogen and oxygen atoms in total. The van der Waals surface area contributed by atoms with Crippen LogP contribution in [-0.2, 0) is 28.6 Å². The lowest BCUT2D eigenvalue weighted by molar-refractivity contribution is -0.167. The molecule has 0 aliphatic rings. The van der Waals surface area contributed by atoms with Crippen molar-refractivity contribution in [2.45, 2.75) is 413 Å². The molecule has 0 radical (unpaired) electrons. The molecule has 1 unspecified atom stereocenters. The highest BCUT2D eigenvalue weighted by molar-refractivity contribution is 5.71. The van der Waals surface area contributed by atoms with Gasteiger partial charge < -0.3 is 14.2 Å². The van der Waals surface area contributed by atoms with Gasteiger partial charge in [0.1, 0.15) is 13.2 Å². The lowest BCUT2D eigenvalue weighted by Crippen LogP contribution is -2.30. The lowest BCUT2D eigenvalue weighted by atomic mass is 9.99. The van der Waals surface area contributed by atoms with Gasteiger partial charge in [-0.15, -0.1) is 0 Å². The third-order valence-electron chi connectivity index (χ3n) is 16.7. The first kappa shape index (κ1) is 74.4. The molecule has 0 aromatic carbocycles. The molecular formula is C70H136O6. The molecule has 0 aliphatic heterocycles. The summed E-state index contributed by atoms with van der Waals surface area (Å²) in [7, 11) is 0. The summed E-state index contributed by atoms with van der Waals surface area (Å²) in [5.74, 6) is 0.0885. The normalized spacial score (nSPS) is 12.3. The van der Waals surface area contributed by atoms with Gasteiger partial charge in [0.15, 0.2) is 6.10 Å². The van der Waals surface area contributed by atoms with E-state index in [2.05, 4.69) is 27.7 Å². The first-order valence-electron chi connectivity index (χ1n) is 34.9. The molecule has 0 bridgehead atoms. The predicted molar refractivity (Wildman–Crippen MR) is 330 cm³/mol. The van der Waals surface area contributed by atoms with Crippen LogP contribution in [0.1, 0.15) is 407 Å². The zero-order valence-electron chi connectivity index (χ0n) is 52.2. The standard InChI is InChI=1S/C70H136O6/c1-5-8-10-12-14-16-18-20-22-24-25-30-34-38-42-46-50-54-58-62-69(72)75-65-67(64-74-68(71)61-57-53-49-45-41-37-33-28-23-21-19-17-15-13-11-9-6-2)76-70(73)63-59-55-51-47-43-39-35-31-27-26-29-32-36-40-44-48-52-56-60-66(4)7-3/h66-67H,5-65H2,1-4H3/t66?,67-/m1/s1. The molecule has 76 heavy (non-hydrogen) atoms. The van der Waals surface area contributed by atoms with Crippen molar-refractivity contribution in [1.29, 1.82) is 0 Å². The molecule has 452 valence electrons. The van der Waals surface area contributed by atoms with E-state index in [-0.39, 0.29) is 31.1 Å². The topological polar surface area (TPSA) is 78.9 Å². The molecule has 0 fully saturated rings. The van der Waals surface area contributed by atoms with Gasteiger partial charge in [0.25, 0.3) is 0 Å². The van der Waals surface area contributed by atoms with Gasteiger partial charge in [0.05, 0.1) is 0 Å². The maximum Gasteiger partial charge on any atom is 0.306 e. The van der Waals surface area contributed by atoms with Crippen LogP contribution in [0.25, 0.3) is 0 Å². The van der Waals surface area contributed by atoms with Gasteiger partial charge in [-0.05, 0) is 25.2 Å².